The number of hydrogen-bond acceptors (Lipinski definition) is 4. The molecule has 0 saturated carbocycles. The molecule has 0 spiro atoms. The highest BCUT2D eigenvalue weighted by Crippen LogP contribution is 2.23. The van der Waals surface area contributed by atoms with Crippen molar-refractivity contribution in [3.63, 3.8) is 0 Å². The Hall–Kier alpha value is -1.79. The Bertz CT molecular complexity index is 586. The zero-order valence-electron chi connectivity index (χ0n) is 17.8. The van der Waals surface area contributed by atoms with E-state index in [1.807, 2.05) is 6.92 Å². The van der Waals surface area contributed by atoms with E-state index >= 15 is 0 Å². The molecule has 2 rings (SSSR count). The lowest BCUT2D eigenvalue weighted by molar-refractivity contribution is 0.0676. The van der Waals surface area contributed by atoms with Crippen molar-refractivity contribution in [1.82, 2.24) is 10.6 Å². The Morgan fingerprint density at radius 1 is 1.25 bits per heavy atom. The van der Waals surface area contributed by atoms with Crippen molar-refractivity contribution < 1.29 is 14.2 Å². The van der Waals surface area contributed by atoms with Gasteiger partial charge < -0.3 is 24.8 Å². The van der Waals surface area contributed by atoms with E-state index in [1.54, 1.807) is 0 Å². The molecule has 1 aromatic rings. The SMILES string of the molecule is CCNC(=NCc1ccc(C)cc1OCC1CCCO1)NCCCCOCC. The van der Waals surface area contributed by atoms with Gasteiger partial charge in [-0.3, -0.25) is 0 Å². The number of ether oxygens (including phenoxy) is 3. The summed E-state index contributed by atoms with van der Waals surface area (Å²) in [4.78, 5) is 4.74. The first kappa shape index (κ1) is 22.5. The van der Waals surface area contributed by atoms with Crippen molar-refractivity contribution in [3.8, 4) is 5.75 Å². The van der Waals surface area contributed by atoms with Gasteiger partial charge in [0, 0.05) is 38.5 Å². The maximum atomic E-state index is 6.08. The lowest BCUT2D eigenvalue weighted by atomic mass is 10.1. The minimum Gasteiger partial charge on any atom is -0.491 e. The number of hydrogen-bond donors (Lipinski definition) is 2. The third-order valence-corrected chi connectivity index (χ3v) is 4.64. The predicted molar refractivity (Wildman–Crippen MR) is 114 cm³/mol. The van der Waals surface area contributed by atoms with Crippen molar-refractivity contribution in [2.45, 2.75) is 59.1 Å². The molecule has 1 aliphatic rings. The normalized spacial score (nSPS) is 17.0. The third kappa shape index (κ3) is 8.48. The minimum absolute atomic E-state index is 0.215. The van der Waals surface area contributed by atoms with Gasteiger partial charge in [0.2, 0.25) is 0 Å². The van der Waals surface area contributed by atoms with Crippen LogP contribution in [-0.2, 0) is 16.0 Å². The summed E-state index contributed by atoms with van der Waals surface area (Å²) in [5.41, 5.74) is 2.28. The van der Waals surface area contributed by atoms with Gasteiger partial charge >= 0.3 is 0 Å². The monoisotopic (exact) mass is 391 g/mol. The van der Waals surface area contributed by atoms with Gasteiger partial charge in [0.15, 0.2) is 5.96 Å². The largest absolute Gasteiger partial charge is 0.491 e. The highest BCUT2D eigenvalue weighted by atomic mass is 16.5. The van der Waals surface area contributed by atoms with E-state index in [2.05, 4.69) is 42.7 Å². The van der Waals surface area contributed by atoms with Gasteiger partial charge in [-0.1, -0.05) is 12.1 Å². The van der Waals surface area contributed by atoms with Crippen LogP contribution < -0.4 is 15.4 Å². The lowest BCUT2D eigenvalue weighted by Crippen LogP contribution is -2.37. The van der Waals surface area contributed by atoms with Gasteiger partial charge in [-0.2, -0.15) is 0 Å². The number of unbranched alkanes of at least 4 members (excludes halogenated alkanes) is 1. The molecular weight excluding hydrogens is 354 g/mol. The number of aliphatic imine (C=N–C) groups is 1. The van der Waals surface area contributed by atoms with Gasteiger partial charge in [-0.15, -0.1) is 0 Å². The molecule has 1 fully saturated rings. The van der Waals surface area contributed by atoms with Crippen molar-refractivity contribution in [3.05, 3.63) is 29.3 Å². The minimum atomic E-state index is 0.215. The molecule has 1 atom stereocenters. The smallest absolute Gasteiger partial charge is 0.191 e. The molecule has 1 aromatic carbocycles. The molecule has 1 aliphatic heterocycles. The van der Waals surface area contributed by atoms with Crippen molar-refractivity contribution in [2.24, 2.45) is 4.99 Å². The summed E-state index contributed by atoms with van der Waals surface area (Å²) in [6, 6.07) is 6.31. The van der Waals surface area contributed by atoms with Gasteiger partial charge in [0.1, 0.15) is 12.4 Å². The zero-order chi connectivity index (χ0) is 20.0. The molecule has 6 heteroatoms. The molecule has 0 radical (unpaired) electrons. The van der Waals surface area contributed by atoms with E-state index in [1.165, 1.54) is 5.56 Å². The predicted octanol–water partition coefficient (Wildman–Crippen LogP) is 3.42. The fourth-order valence-electron chi connectivity index (χ4n) is 3.07. The third-order valence-electron chi connectivity index (χ3n) is 4.64. The molecule has 0 amide bonds. The Balaban J connectivity index is 1.88. The molecule has 158 valence electrons. The summed E-state index contributed by atoms with van der Waals surface area (Å²) < 4.78 is 17.1. The van der Waals surface area contributed by atoms with Crippen LogP contribution in [0.5, 0.6) is 5.75 Å². The van der Waals surface area contributed by atoms with Crippen molar-refractivity contribution in [1.29, 1.82) is 0 Å². The average molecular weight is 392 g/mol. The fraction of sp³-hybridized carbons (Fsp3) is 0.682. The van der Waals surface area contributed by atoms with Gasteiger partial charge in [-0.25, -0.2) is 4.99 Å². The maximum Gasteiger partial charge on any atom is 0.191 e. The van der Waals surface area contributed by atoms with Crippen LogP contribution in [0.4, 0.5) is 0 Å². The molecule has 6 nitrogen and oxygen atoms in total. The first-order chi connectivity index (χ1) is 13.7. The van der Waals surface area contributed by atoms with Gasteiger partial charge in [0.25, 0.3) is 0 Å². The highest BCUT2D eigenvalue weighted by Gasteiger charge is 2.17. The molecule has 0 aromatic heterocycles. The van der Waals surface area contributed by atoms with Crippen LogP contribution in [0, 0.1) is 6.92 Å². The Labute approximate surface area is 170 Å². The van der Waals surface area contributed by atoms with E-state index in [0.717, 1.165) is 75.9 Å². The van der Waals surface area contributed by atoms with Crippen LogP contribution in [0.15, 0.2) is 23.2 Å². The summed E-state index contributed by atoms with van der Waals surface area (Å²) in [5.74, 6) is 1.75. The number of nitrogens with one attached hydrogen (secondary N) is 2. The topological polar surface area (TPSA) is 64.1 Å². The molecule has 0 bridgehead atoms. The van der Waals surface area contributed by atoms with Crippen LogP contribution in [0.2, 0.25) is 0 Å². The van der Waals surface area contributed by atoms with Crippen LogP contribution in [0.25, 0.3) is 0 Å². The van der Waals surface area contributed by atoms with Gasteiger partial charge in [0.05, 0.1) is 12.6 Å². The molecule has 2 N–H and O–H groups in total. The molecule has 1 unspecified atom stereocenters. The van der Waals surface area contributed by atoms with E-state index in [9.17, 15) is 0 Å². The molecular formula is C22H37N3O3. The lowest BCUT2D eigenvalue weighted by Gasteiger charge is -2.15. The summed E-state index contributed by atoms with van der Waals surface area (Å²) >= 11 is 0. The molecule has 1 saturated heterocycles. The Morgan fingerprint density at radius 2 is 2.14 bits per heavy atom. The fourth-order valence-corrected chi connectivity index (χ4v) is 3.07. The summed E-state index contributed by atoms with van der Waals surface area (Å²) in [5, 5.41) is 6.71. The second kappa shape index (κ2) is 13.4. The summed E-state index contributed by atoms with van der Waals surface area (Å²) in [6.45, 7) is 11.5. The van der Waals surface area contributed by atoms with Crippen LogP contribution in [0.1, 0.15) is 50.7 Å². The maximum absolute atomic E-state index is 6.08. The number of benzene rings is 1. The number of guanidine groups is 1. The number of aryl methyl sites for hydroxylation is 1. The molecule has 28 heavy (non-hydrogen) atoms. The number of nitrogens with zero attached hydrogens (tertiary/aromatic N) is 1. The second-order valence-electron chi connectivity index (χ2n) is 7.08. The Kier molecular flexibility index (Phi) is 10.8. The van der Waals surface area contributed by atoms with Crippen LogP contribution in [0.3, 0.4) is 0 Å². The average Bonchev–Trinajstić information content (AvgIpc) is 3.21. The number of rotatable bonds is 12. The van der Waals surface area contributed by atoms with E-state index in [0.29, 0.717) is 13.2 Å². The van der Waals surface area contributed by atoms with Crippen LogP contribution >= 0.6 is 0 Å². The first-order valence-corrected chi connectivity index (χ1v) is 10.7. The first-order valence-electron chi connectivity index (χ1n) is 10.7. The van der Waals surface area contributed by atoms with E-state index in [4.69, 9.17) is 19.2 Å². The van der Waals surface area contributed by atoms with E-state index in [-0.39, 0.29) is 6.10 Å². The zero-order valence-corrected chi connectivity index (χ0v) is 17.8. The standard InChI is InChI=1S/C22H37N3O3/c1-4-23-22(24-12-6-7-13-26-5-2)25-16-19-11-10-18(3)15-21(19)28-17-20-9-8-14-27-20/h10-11,15,20H,4-9,12-14,16-17H2,1-3H3,(H2,23,24,25). The summed E-state index contributed by atoms with van der Waals surface area (Å²) in [6.07, 6.45) is 4.54. The quantitative estimate of drug-likeness (QED) is 0.325. The second-order valence-corrected chi connectivity index (χ2v) is 7.08. The molecule has 0 aliphatic carbocycles. The van der Waals surface area contributed by atoms with Crippen LogP contribution in [-0.4, -0.2) is 51.6 Å². The Morgan fingerprint density at radius 3 is 2.89 bits per heavy atom. The van der Waals surface area contributed by atoms with Gasteiger partial charge in [-0.05, 0) is 58.1 Å². The molecule has 1 heterocycles. The highest BCUT2D eigenvalue weighted by molar-refractivity contribution is 5.79. The van der Waals surface area contributed by atoms with E-state index < -0.39 is 0 Å². The van der Waals surface area contributed by atoms with Crippen molar-refractivity contribution in [2.75, 3.05) is 39.5 Å². The summed E-state index contributed by atoms with van der Waals surface area (Å²) in [7, 11) is 0. The van der Waals surface area contributed by atoms with Crippen molar-refractivity contribution >= 4 is 5.96 Å².